The topological polar surface area (TPSA) is 120 Å². The predicted molar refractivity (Wildman–Crippen MR) is 126 cm³/mol. The van der Waals surface area contributed by atoms with Crippen molar-refractivity contribution in [2.75, 3.05) is 10.5 Å². The average molecular weight is 521 g/mol. The molecule has 0 saturated heterocycles. The Morgan fingerprint density at radius 3 is 2.44 bits per heavy atom. The molecule has 188 valence electrons. The van der Waals surface area contributed by atoms with Gasteiger partial charge in [-0.3, -0.25) is 4.72 Å². The van der Waals surface area contributed by atoms with E-state index in [1.165, 1.54) is 12.3 Å². The number of alkyl halides is 2. The monoisotopic (exact) mass is 521 g/mol. The van der Waals surface area contributed by atoms with Gasteiger partial charge < -0.3 is 10.5 Å². The second-order valence-corrected chi connectivity index (χ2v) is 9.50. The van der Waals surface area contributed by atoms with Crippen LogP contribution in [-0.4, -0.2) is 35.9 Å². The highest BCUT2D eigenvalue weighted by Crippen LogP contribution is 2.36. The Morgan fingerprint density at radius 2 is 1.75 bits per heavy atom. The van der Waals surface area contributed by atoms with Crippen molar-refractivity contribution in [1.82, 2.24) is 15.0 Å². The fourth-order valence-corrected chi connectivity index (χ4v) is 4.50. The summed E-state index contributed by atoms with van der Waals surface area (Å²) in [7, 11) is -4.08. The van der Waals surface area contributed by atoms with E-state index in [1.54, 1.807) is 30.3 Å². The first kappa shape index (κ1) is 25.1. The Bertz CT molecular complexity index is 1520. The SMILES string of the molecule is CC(Oc1nc2nc(N)ncc2cc1-c1ccc(NS(=O)(=O)Cc2ccccc2)c(F)c1F)C(F)F. The van der Waals surface area contributed by atoms with Gasteiger partial charge in [0.2, 0.25) is 21.9 Å². The molecular formula is C23H19F4N5O3S. The number of sulfonamides is 1. The van der Waals surface area contributed by atoms with Crippen LogP contribution in [0, 0.1) is 11.6 Å². The molecule has 36 heavy (non-hydrogen) atoms. The van der Waals surface area contributed by atoms with E-state index in [9.17, 15) is 21.6 Å². The van der Waals surface area contributed by atoms with Crippen LogP contribution in [0.15, 0.2) is 54.7 Å². The molecule has 0 fully saturated rings. The molecule has 8 nitrogen and oxygen atoms in total. The van der Waals surface area contributed by atoms with Gasteiger partial charge in [0.1, 0.15) is 0 Å². The lowest BCUT2D eigenvalue weighted by atomic mass is 10.0. The number of halogens is 4. The molecule has 0 aliphatic carbocycles. The molecule has 3 N–H and O–H groups in total. The number of rotatable bonds is 8. The number of hydrogen-bond donors (Lipinski definition) is 2. The van der Waals surface area contributed by atoms with Gasteiger partial charge in [0, 0.05) is 22.7 Å². The van der Waals surface area contributed by atoms with Gasteiger partial charge >= 0.3 is 0 Å². The molecule has 0 aliphatic heterocycles. The quantitative estimate of drug-likeness (QED) is 0.327. The summed E-state index contributed by atoms with van der Waals surface area (Å²) in [5.41, 5.74) is 4.79. The van der Waals surface area contributed by atoms with Crippen molar-refractivity contribution < 1.29 is 30.7 Å². The number of nitrogen functional groups attached to an aromatic ring is 1. The number of ether oxygens (including phenoxy) is 1. The van der Waals surface area contributed by atoms with E-state index in [0.717, 1.165) is 19.1 Å². The minimum Gasteiger partial charge on any atom is -0.468 e. The van der Waals surface area contributed by atoms with Crippen LogP contribution >= 0.6 is 0 Å². The van der Waals surface area contributed by atoms with Gasteiger partial charge in [0.25, 0.3) is 6.43 Å². The summed E-state index contributed by atoms with van der Waals surface area (Å²) in [4.78, 5) is 11.8. The lowest BCUT2D eigenvalue weighted by molar-refractivity contribution is 0.0206. The van der Waals surface area contributed by atoms with Crippen LogP contribution in [0.5, 0.6) is 5.88 Å². The highest BCUT2D eigenvalue weighted by molar-refractivity contribution is 7.91. The molecule has 2 aromatic heterocycles. The highest BCUT2D eigenvalue weighted by Gasteiger charge is 2.25. The molecule has 13 heteroatoms. The molecule has 0 bridgehead atoms. The maximum atomic E-state index is 15.2. The van der Waals surface area contributed by atoms with E-state index >= 15 is 4.39 Å². The smallest absolute Gasteiger partial charge is 0.274 e. The lowest BCUT2D eigenvalue weighted by Crippen LogP contribution is -2.22. The van der Waals surface area contributed by atoms with Crippen molar-refractivity contribution in [2.24, 2.45) is 0 Å². The largest absolute Gasteiger partial charge is 0.468 e. The first-order valence-electron chi connectivity index (χ1n) is 10.4. The van der Waals surface area contributed by atoms with Crippen LogP contribution in [0.1, 0.15) is 12.5 Å². The lowest BCUT2D eigenvalue weighted by Gasteiger charge is -2.17. The van der Waals surface area contributed by atoms with Crippen LogP contribution in [-0.2, 0) is 15.8 Å². The van der Waals surface area contributed by atoms with Gasteiger partial charge in [-0.1, -0.05) is 30.3 Å². The maximum absolute atomic E-state index is 15.2. The summed E-state index contributed by atoms with van der Waals surface area (Å²) >= 11 is 0. The fourth-order valence-electron chi connectivity index (χ4n) is 3.30. The Hall–Kier alpha value is -4.00. The van der Waals surface area contributed by atoms with Gasteiger partial charge in [-0.25, -0.2) is 31.0 Å². The summed E-state index contributed by atoms with van der Waals surface area (Å²) in [5, 5.41) is 0.253. The Morgan fingerprint density at radius 1 is 1.03 bits per heavy atom. The normalized spacial score (nSPS) is 12.6. The summed E-state index contributed by atoms with van der Waals surface area (Å²) in [6.45, 7) is 1.08. The van der Waals surface area contributed by atoms with Crippen molar-refractivity contribution in [3.05, 3.63) is 71.9 Å². The zero-order valence-corrected chi connectivity index (χ0v) is 19.4. The summed E-state index contributed by atoms with van der Waals surface area (Å²) in [5.74, 6) is -3.98. The highest BCUT2D eigenvalue weighted by atomic mass is 32.2. The minimum atomic E-state index is -4.08. The van der Waals surface area contributed by atoms with Crippen molar-refractivity contribution >= 4 is 32.7 Å². The van der Waals surface area contributed by atoms with Gasteiger partial charge in [-0.2, -0.15) is 9.97 Å². The van der Waals surface area contributed by atoms with E-state index < -0.39 is 57.1 Å². The third-order valence-electron chi connectivity index (χ3n) is 5.04. The molecule has 0 amide bonds. The molecule has 1 unspecified atom stereocenters. The van der Waals surface area contributed by atoms with Gasteiger partial charge in [-0.05, 0) is 30.7 Å². The van der Waals surface area contributed by atoms with Crippen molar-refractivity contribution in [1.29, 1.82) is 0 Å². The van der Waals surface area contributed by atoms with Gasteiger partial charge in [0.15, 0.2) is 23.4 Å². The van der Waals surface area contributed by atoms with E-state index in [0.29, 0.717) is 5.56 Å². The number of fused-ring (bicyclic) bond motifs is 1. The van der Waals surface area contributed by atoms with E-state index in [1.807, 2.05) is 4.72 Å². The summed E-state index contributed by atoms with van der Waals surface area (Å²) < 4.78 is 88.7. The van der Waals surface area contributed by atoms with Crippen molar-refractivity contribution in [3.8, 4) is 17.0 Å². The molecule has 4 rings (SSSR count). The molecule has 1 atom stereocenters. The Kier molecular flexibility index (Phi) is 6.93. The van der Waals surface area contributed by atoms with Gasteiger partial charge in [-0.15, -0.1) is 0 Å². The standard InChI is InChI=1S/C23H19F4N5O3S/c1-12(20(26)27)35-22-16(9-14-10-29-23(28)31-21(14)30-22)15-7-8-17(19(25)18(15)24)32-36(33,34)11-13-5-3-2-4-6-13/h2-10,12,20,32H,11H2,1H3,(H2,28,29,30,31). The number of aromatic nitrogens is 3. The molecular weight excluding hydrogens is 502 g/mol. The van der Waals surface area contributed by atoms with Crippen molar-refractivity contribution in [3.63, 3.8) is 0 Å². The molecule has 2 aromatic carbocycles. The van der Waals surface area contributed by atoms with Crippen LogP contribution in [0.25, 0.3) is 22.2 Å². The summed E-state index contributed by atoms with van der Waals surface area (Å²) in [6.07, 6.45) is -3.26. The third kappa shape index (κ3) is 5.46. The average Bonchev–Trinajstić information content (AvgIpc) is 2.82. The maximum Gasteiger partial charge on any atom is 0.274 e. The van der Waals surface area contributed by atoms with Crippen molar-refractivity contribution in [2.45, 2.75) is 25.2 Å². The van der Waals surface area contributed by atoms with Gasteiger partial charge in [0.05, 0.1) is 11.4 Å². The first-order valence-corrected chi connectivity index (χ1v) is 12.1. The molecule has 0 radical (unpaired) electrons. The minimum absolute atomic E-state index is 0.00566. The Labute approximate surface area is 203 Å². The predicted octanol–water partition coefficient (Wildman–Crippen LogP) is 4.53. The number of benzene rings is 2. The van der Waals surface area contributed by atoms with Crippen LogP contribution in [0.3, 0.4) is 0 Å². The number of nitrogens with zero attached hydrogens (tertiary/aromatic N) is 3. The summed E-state index contributed by atoms with van der Waals surface area (Å²) in [6, 6.07) is 11.5. The number of nitrogens with one attached hydrogen (secondary N) is 1. The van der Waals surface area contributed by atoms with Crippen LogP contribution in [0.2, 0.25) is 0 Å². The molecule has 0 aliphatic rings. The third-order valence-corrected chi connectivity index (χ3v) is 6.29. The van der Waals surface area contributed by atoms with E-state index in [2.05, 4.69) is 15.0 Å². The molecule has 0 spiro atoms. The van der Waals surface area contributed by atoms with Crippen LogP contribution < -0.4 is 15.2 Å². The number of pyridine rings is 1. The number of nitrogens with two attached hydrogens (primary N) is 1. The molecule has 0 saturated carbocycles. The second kappa shape index (κ2) is 9.93. The van der Waals surface area contributed by atoms with E-state index in [-0.39, 0.29) is 22.5 Å². The first-order chi connectivity index (χ1) is 17.0. The fraction of sp³-hybridized carbons (Fsp3) is 0.174. The second-order valence-electron chi connectivity index (χ2n) is 7.77. The Balaban J connectivity index is 1.74. The molecule has 4 aromatic rings. The number of hydrogen-bond acceptors (Lipinski definition) is 7. The van der Waals surface area contributed by atoms with Crippen LogP contribution in [0.4, 0.5) is 29.2 Å². The molecule has 2 heterocycles. The van der Waals surface area contributed by atoms with E-state index in [4.69, 9.17) is 10.5 Å². The zero-order chi connectivity index (χ0) is 26.0. The number of anilines is 2. The zero-order valence-electron chi connectivity index (χ0n) is 18.6.